The average molecular weight is 264 g/mol. The van der Waals surface area contributed by atoms with Crippen LogP contribution in [0, 0.1) is 11.3 Å². The maximum Gasteiger partial charge on any atom is 0.108 e. The number of hydrazine groups is 1. The van der Waals surface area contributed by atoms with Crippen molar-refractivity contribution in [1.82, 2.24) is 15.0 Å². The van der Waals surface area contributed by atoms with Gasteiger partial charge in [-0.05, 0) is 30.6 Å². The predicted octanol–water partition coefficient (Wildman–Crippen LogP) is 2.40. The first-order valence-electron chi connectivity index (χ1n) is 7.47. The van der Waals surface area contributed by atoms with Gasteiger partial charge in [-0.15, -0.1) is 0 Å². The fourth-order valence-electron chi connectivity index (χ4n) is 3.59. The molecule has 2 atom stereocenters. The van der Waals surface area contributed by atoms with E-state index in [1.165, 1.54) is 25.7 Å². The van der Waals surface area contributed by atoms with Crippen molar-refractivity contribution in [1.29, 1.82) is 0 Å². The largest absolute Gasteiger partial charge is 0.338 e. The van der Waals surface area contributed by atoms with E-state index in [1.807, 2.05) is 12.4 Å². The number of imidazole rings is 1. The van der Waals surface area contributed by atoms with Gasteiger partial charge < -0.3 is 4.57 Å². The summed E-state index contributed by atoms with van der Waals surface area (Å²) in [6.07, 6.45) is 11.2. The lowest BCUT2D eigenvalue weighted by molar-refractivity contribution is 0.0945. The summed E-state index contributed by atoms with van der Waals surface area (Å²) in [5, 5.41) is 0. The number of nitrogens with one attached hydrogen (secondary N) is 1. The fraction of sp³-hybridized carbons (Fsp3) is 0.800. The van der Waals surface area contributed by atoms with E-state index in [1.54, 1.807) is 0 Å². The molecule has 108 valence electrons. The molecule has 0 saturated heterocycles. The maximum atomic E-state index is 5.83. The normalized spacial score (nSPS) is 24.3. The molecule has 4 heteroatoms. The quantitative estimate of drug-likeness (QED) is 0.634. The van der Waals surface area contributed by atoms with Crippen molar-refractivity contribution in [2.24, 2.45) is 24.2 Å². The van der Waals surface area contributed by atoms with Gasteiger partial charge in [0.2, 0.25) is 0 Å². The molecule has 3 N–H and O–H groups in total. The Morgan fingerprint density at radius 3 is 2.89 bits per heavy atom. The molecule has 1 aromatic rings. The molecule has 0 spiro atoms. The van der Waals surface area contributed by atoms with Crippen LogP contribution in [0.2, 0.25) is 0 Å². The maximum absolute atomic E-state index is 5.83. The third-order valence-electron chi connectivity index (χ3n) is 4.89. The Morgan fingerprint density at radius 2 is 2.32 bits per heavy atom. The molecule has 0 radical (unpaired) electrons. The average Bonchev–Trinajstić information content (AvgIpc) is 2.77. The van der Waals surface area contributed by atoms with Crippen LogP contribution >= 0.6 is 0 Å². The van der Waals surface area contributed by atoms with E-state index in [9.17, 15) is 0 Å². The van der Waals surface area contributed by atoms with Crippen LogP contribution in [0.3, 0.4) is 0 Å². The fourth-order valence-corrected chi connectivity index (χ4v) is 3.59. The lowest BCUT2D eigenvalue weighted by Gasteiger charge is -2.43. The zero-order valence-corrected chi connectivity index (χ0v) is 12.5. The highest BCUT2D eigenvalue weighted by Gasteiger charge is 2.36. The molecule has 1 saturated carbocycles. The molecule has 2 rings (SSSR count). The number of aryl methyl sites for hydroxylation is 2. The van der Waals surface area contributed by atoms with Gasteiger partial charge in [0.05, 0.1) is 0 Å². The highest BCUT2D eigenvalue weighted by Crippen LogP contribution is 2.42. The van der Waals surface area contributed by atoms with Crippen molar-refractivity contribution in [3.8, 4) is 0 Å². The predicted molar refractivity (Wildman–Crippen MR) is 78.4 cm³/mol. The Labute approximate surface area is 116 Å². The minimum absolute atomic E-state index is 0.395. The second-order valence-corrected chi connectivity index (χ2v) is 6.61. The molecule has 0 bridgehead atoms. The van der Waals surface area contributed by atoms with Crippen molar-refractivity contribution in [3.63, 3.8) is 0 Å². The third kappa shape index (κ3) is 3.37. The van der Waals surface area contributed by atoms with Gasteiger partial charge in [0, 0.05) is 31.9 Å². The molecule has 1 aliphatic carbocycles. The second-order valence-electron chi connectivity index (χ2n) is 6.61. The highest BCUT2D eigenvalue weighted by atomic mass is 15.2. The van der Waals surface area contributed by atoms with Gasteiger partial charge in [-0.2, -0.15) is 0 Å². The van der Waals surface area contributed by atoms with Gasteiger partial charge >= 0.3 is 0 Å². The molecular weight excluding hydrogens is 236 g/mol. The monoisotopic (exact) mass is 264 g/mol. The van der Waals surface area contributed by atoms with Gasteiger partial charge in [0.15, 0.2) is 0 Å². The summed E-state index contributed by atoms with van der Waals surface area (Å²) >= 11 is 0. The Kier molecular flexibility index (Phi) is 4.63. The van der Waals surface area contributed by atoms with Gasteiger partial charge in [-0.25, -0.2) is 4.98 Å². The van der Waals surface area contributed by atoms with Crippen LogP contribution < -0.4 is 11.3 Å². The van der Waals surface area contributed by atoms with Gasteiger partial charge in [0.25, 0.3) is 0 Å². The van der Waals surface area contributed by atoms with E-state index >= 15 is 0 Å². The number of hydrogen-bond donors (Lipinski definition) is 2. The molecule has 1 aliphatic rings. The molecule has 0 aliphatic heterocycles. The van der Waals surface area contributed by atoms with E-state index in [2.05, 4.69) is 35.9 Å². The van der Waals surface area contributed by atoms with E-state index in [0.717, 1.165) is 18.7 Å². The smallest absolute Gasteiger partial charge is 0.108 e. The molecule has 19 heavy (non-hydrogen) atoms. The number of nitrogens with two attached hydrogens (primary N) is 1. The minimum Gasteiger partial charge on any atom is -0.338 e. The van der Waals surface area contributed by atoms with Crippen LogP contribution in [0.5, 0.6) is 0 Å². The molecule has 1 aromatic heterocycles. The SMILES string of the molecule is Cn1ccnc1CCC(NN)C1CCCCC1(C)C. The van der Waals surface area contributed by atoms with E-state index in [4.69, 9.17) is 5.84 Å². The first kappa shape index (κ1) is 14.5. The van der Waals surface area contributed by atoms with Crippen LogP contribution in [0.15, 0.2) is 12.4 Å². The van der Waals surface area contributed by atoms with Crippen LogP contribution in [-0.2, 0) is 13.5 Å². The van der Waals surface area contributed by atoms with Gasteiger partial charge in [-0.3, -0.25) is 11.3 Å². The first-order valence-corrected chi connectivity index (χ1v) is 7.47. The van der Waals surface area contributed by atoms with Gasteiger partial charge in [0.1, 0.15) is 5.82 Å². The van der Waals surface area contributed by atoms with Gasteiger partial charge in [-0.1, -0.05) is 26.7 Å². The second kappa shape index (κ2) is 6.06. The standard InChI is InChI=1S/C15H28N4/c1-15(2)9-5-4-6-12(15)13(18-16)7-8-14-17-10-11-19(14)3/h10-13,18H,4-9,16H2,1-3H3. The minimum atomic E-state index is 0.395. The number of aromatic nitrogens is 2. The Balaban J connectivity index is 1.97. The third-order valence-corrected chi connectivity index (χ3v) is 4.89. The van der Waals surface area contributed by atoms with E-state index < -0.39 is 0 Å². The number of hydrogen-bond acceptors (Lipinski definition) is 3. The van der Waals surface area contributed by atoms with Crippen LogP contribution in [0.1, 0.15) is 51.8 Å². The Hall–Kier alpha value is -0.870. The molecule has 2 unspecified atom stereocenters. The lowest BCUT2D eigenvalue weighted by Crippen LogP contribution is -2.47. The summed E-state index contributed by atoms with van der Waals surface area (Å²) in [4.78, 5) is 4.40. The molecule has 1 fully saturated rings. The lowest BCUT2D eigenvalue weighted by atomic mass is 9.65. The van der Waals surface area contributed by atoms with Crippen LogP contribution in [-0.4, -0.2) is 15.6 Å². The summed E-state index contributed by atoms with van der Waals surface area (Å²) in [6, 6.07) is 0.395. The zero-order valence-electron chi connectivity index (χ0n) is 12.5. The number of nitrogens with zero attached hydrogens (tertiary/aromatic N) is 2. The van der Waals surface area contributed by atoms with Crippen molar-refractivity contribution < 1.29 is 0 Å². The van der Waals surface area contributed by atoms with E-state index in [-0.39, 0.29) is 0 Å². The van der Waals surface area contributed by atoms with Crippen molar-refractivity contribution in [2.75, 3.05) is 0 Å². The van der Waals surface area contributed by atoms with Crippen molar-refractivity contribution >= 4 is 0 Å². The summed E-state index contributed by atoms with van der Waals surface area (Å²) in [5.41, 5.74) is 3.47. The van der Waals surface area contributed by atoms with Crippen LogP contribution in [0.4, 0.5) is 0 Å². The topological polar surface area (TPSA) is 55.9 Å². The van der Waals surface area contributed by atoms with E-state index in [0.29, 0.717) is 17.4 Å². The summed E-state index contributed by atoms with van der Waals surface area (Å²) in [6.45, 7) is 4.78. The summed E-state index contributed by atoms with van der Waals surface area (Å²) < 4.78 is 2.10. The number of rotatable bonds is 5. The van der Waals surface area contributed by atoms with Crippen molar-refractivity contribution in [3.05, 3.63) is 18.2 Å². The Bertz CT molecular complexity index is 397. The van der Waals surface area contributed by atoms with Crippen LogP contribution in [0.25, 0.3) is 0 Å². The molecule has 0 aromatic carbocycles. The Morgan fingerprint density at radius 1 is 1.53 bits per heavy atom. The summed E-state index contributed by atoms with van der Waals surface area (Å²) in [7, 11) is 2.05. The molecular formula is C15H28N4. The molecule has 1 heterocycles. The first-order chi connectivity index (χ1) is 9.04. The van der Waals surface area contributed by atoms with Crippen molar-refractivity contribution in [2.45, 2.75) is 58.4 Å². The summed E-state index contributed by atoms with van der Waals surface area (Å²) in [5.74, 6) is 7.64. The highest BCUT2D eigenvalue weighted by molar-refractivity contribution is 4.95. The zero-order chi connectivity index (χ0) is 13.9. The molecule has 0 amide bonds. The molecule has 4 nitrogen and oxygen atoms in total.